The summed E-state index contributed by atoms with van der Waals surface area (Å²) in [5.41, 5.74) is 5.95. The maximum absolute atomic E-state index is 12.6. The van der Waals surface area contributed by atoms with Crippen molar-refractivity contribution in [2.45, 2.75) is 6.18 Å². The molecule has 0 amide bonds. The fourth-order valence-electron chi connectivity index (χ4n) is 1.63. The number of nitrogen functional groups attached to an aromatic ring is 1. The fourth-order valence-corrected chi connectivity index (χ4v) is 1.63. The van der Waals surface area contributed by atoms with E-state index in [9.17, 15) is 13.2 Å². The third-order valence-electron chi connectivity index (χ3n) is 2.57. The Kier molecular flexibility index (Phi) is 3.33. The van der Waals surface area contributed by atoms with Crippen molar-refractivity contribution in [1.29, 1.82) is 0 Å². The van der Waals surface area contributed by atoms with Gasteiger partial charge in [-0.2, -0.15) is 13.2 Å². The Labute approximate surface area is 107 Å². The summed E-state index contributed by atoms with van der Waals surface area (Å²) in [5, 5.41) is 0. The number of anilines is 1. The monoisotopic (exact) mass is 268 g/mol. The molecule has 1 aromatic carbocycles. The summed E-state index contributed by atoms with van der Waals surface area (Å²) in [6.45, 7) is 0. The molecular weight excluding hydrogens is 257 g/mol. The quantitative estimate of drug-likeness (QED) is 0.908. The number of benzene rings is 1. The molecule has 2 rings (SSSR count). The van der Waals surface area contributed by atoms with Gasteiger partial charge in [-0.25, -0.2) is 4.98 Å². The second kappa shape index (κ2) is 4.79. The molecule has 0 spiro atoms. The van der Waals surface area contributed by atoms with Crippen molar-refractivity contribution in [3.63, 3.8) is 0 Å². The van der Waals surface area contributed by atoms with Gasteiger partial charge in [-0.05, 0) is 24.3 Å². The number of hydrogen-bond acceptors (Lipinski definition) is 3. The van der Waals surface area contributed by atoms with Crippen molar-refractivity contribution in [2.75, 3.05) is 12.8 Å². The van der Waals surface area contributed by atoms with Crippen LogP contribution in [0, 0.1) is 0 Å². The van der Waals surface area contributed by atoms with Crippen LogP contribution in [0.5, 0.6) is 5.88 Å². The molecule has 1 aromatic heterocycles. The highest BCUT2D eigenvalue weighted by Gasteiger charge is 2.30. The van der Waals surface area contributed by atoms with Crippen molar-refractivity contribution in [3.8, 4) is 17.1 Å². The number of pyridine rings is 1. The zero-order chi connectivity index (χ0) is 14.0. The molecule has 2 aromatic rings. The van der Waals surface area contributed by atoms with Gasteiger partial charge in [0, 0.05) is 5.56 Å². The summed E-state index contributed by atoms with van der Waals surface area (Å²) < 4.78 is 42.8. The molecule has 19 heavy (non-hydrogen) atoms. The van der Waals surface area contributed by atoms with Crippen LogP contribution in [0.15, 0.2) is 36.4 Å². The maximum Gasteiger partial charge on any atom is 0.416 e. The van der Waals surface area contributed by atoms with Crippen molar-refractivity contribution in [3.05, 3.63) is 42.0 Å². The molecule has 0 bridgehead atoms. The third kappa shape index (κ3) is 2.78. The van der Waals surface area contributed by atoms with Gasteiger partial charge in [0.05, 0.1) is 24.1 Å². The molecule has 0 saturated heterocycles. The first-order chi connectivity index (χ1) is 8.91. The summed E-state index contributed by atoms with van der Waals surface area (Å²) in [5.74, 6) is 0.190. The highest BCUT2D eigenvalue weighted by atomic mass is 19.4. The minimum Gasteiger partial charge on any atom is -0.480 e. The number of nitrogens with two attached hydrogens (primary N) is 1. The summed E-state index contributed by atoms with van der Waals surface area (Å²) >= 11 is 0. The van der Waals surface area contributed by atoms with E-state index >= 15 is 0 Å². The third-order valence-corrected chi connectivity index (χ3v) is 2.57. The second-order valence-corrected chi connectivity index (χ2v) is 3.87. The molecule has 0 atom stereocenters. The minimum atomic E-state index is -4.38. The fraction of sp³-hybridized carbons (Fsp3) is 0.154. The minimum absolute atomic E-state index is 0.190. The van der Waals surface area contributed by atoms with Gasteiger partial charge in [0.1, 0.15) is 0 Å². The molecule has 0 fully saturated rings. The summed E-state index contributed by atoms with van der Waals surface area (Å²) in [6.07, 6.45) is -4.38. The Bertz CT molecular complexity index is 597. The molecular formula is C13H11F3N2O. The SMILES string of the molecule is COc1nc(-c2cccc(C(F)(F)F)c2)ccc1N. The van der Waals surface area contributed by atoms with Crippen LogP contribution in [0.2, 0.25) is 0 Å². The van der Waals surface area contributed by atoms with Crippen LogP contribution in [0.4, 0.5) is 18.9 Å². The molecule has 0 aliphatic rings. The number of methoxy groups -OCH3 is 1. The van der Waals surface area contributed by atoms with Crippen LogP contribution in [0.3, 0.4) is 0 Å². The molecule has 100 valence electrons. The summed E-state index contributed by atoms with van der Waals surface area (Å²) in [4.78, 5) is 4.07. The lowest BCUT2D eigenvalue weighted by Gasteiger charge is -2.10. The van der Waals surface area contributed by atoms with E-state index in [2.05, 4.69) is 4.98 Å². The number of halogens is 3. The van der Waals surface area contributed by atoms with Crippen LogP contribution in [0.25, 0.3) is 11.3 Å². The maximum atomic E-state index is 12.6. The molecule has 1 heterocycles. The summed E-state index contributed by atoms with van der Waals surface area (Å²) in [6, 6.07) is 8.03. The van der Waals surface area contributed by atoms with Gasteiger partial charge >= 0.3 is 6.18 Å². The van der Waals surface area contributed by atoms with Crippen molar-refractivity contribution in [1.82, 2.24) is 4.98 Å². The lowest BCUT2D eigenvalue weighted by molar-refractivity contribution is -0.137. The van der Waals surface area contributed by atoms with E-state index in [1.807, 2.05) is 0 Å². The Hall–Kier alpha value is -2.24. The van der Waals surface area contributed by atoms with Crippen molar-refractivity contribution in [2.24, 2.45) is 0 Å². The smallest absolute Gasteiger partial charge is 0.416 e. The average Bonchev–Trinajstić information content (AvgIpc) is 2.38. The molecule has 2 N–H and O–H groups in total. The number of aromatic nitrogens is 1. The van der Waals surface area contributed by atoms with Gasteiger partial charge in [0.2, 0.25) is 5.88 Å². The number of nitrogens with zero attached hydrogens (tertiary/aromatic N) is 1. The zero-order valence-electron chi connectivity index (χ0n) is 10.0. The number of rotatable bonds is 2. The van der Waals surface area contributed by atoms with Crippen LogP contribution in [-0.4, -0.2) is 12.1 Å². The van der Waals surface area contributed by atoms with E-state index < -0.39 is 11.7 Å². The molecule has 3 nitrogen and oxygen atoms in total. The van der Waals surface area contributed by atoms with Gasteiger partial charge in [-0.3, -0.25) is 0 Å². The molecule has 0 radical (unpaired) electrons. The van der Waals surface area contributed by atoms with Gasteiger partial charge in [-0.1, -0.05) is 12.1 Å². The second-order valence-electron chi connectivity index (χ2n) is 3.87. The Morgan fingerprint density at radius 2 is 1.89 bits per heavy atom. The Balaban J connectivity index is 2.47. The lowest BCUT2D eigenvalue weighted by atomic mass is 10.1. The standard InChI is InChI=1S/C13H11F3N2O/c1-19-12-10(17)5-6-11(18-12)8-3-2-4-9(7-8)13(14,15)16/h2-7H,17H2,1H3. The highest BCUT2D eigenvalue weighted by Crippen LogP contribution is 2.32. The number of alkyl halides is 3. The molecule has 0 aliphatic carbocycles. The van der Waals surface area contributed by atoms with E-state index in [-0.39, 0.29) is 5.88 Å². The van der Waals surface area contributed by atoms with Crippen molar-refractivity contribution < 1.29 is 17.9 Å². The van der Waals surface area contributed by atoms with E-state index in [0.29, 0.717) is 16.9 Å². The van der Waals surface area contributed by atoms with Crippen LogP contribution in [-0.2, 0) is 6.18 Å². The van der Waals surface area contributed by atoms with Crippen LogP contribution >= 0.6 is 0 Å². The van der Waals surface area contributed by atoms with E-state index in [0.717, 1.165) is 12.1 Å². The molecule has 6 heteroatoms. The van der Waals surface area contributed by atoms with Gasteiger partial charge < -0.3 is 10.5 Å². The predicted octanol–water partition coefficient (Wildman–Crippen LogP) is 3.36. The van der Waals surface area contributed by atoms with Gasteiger partial charge in [-0.15, -0.1) is 0 Å². The van der Waals surface area contributed by atoms with E-state index in [1.165, 1.54) is 13.2 Å². The largest absolute Gasteiger partial charge is 0.480 e. The topological polar surface area (TPSA) is 48.1 Å². The Morgan fingerprint density at radius 3 is 2.53 bits per heavy atom. The lowest BCUT2D eigenvalue weighted by Crippen LogP contribution is -2.04. The van der Waals surface area contributed by atoms with E-state index in [4.69, 9.17) is 10.5 Å². The zero-order valence-corrected chi connectivity index (χ0v) is 10.0. The first-order valence-corrected chi connectivity index (χ1v) is 5.40. The van der Waals surface area contributed by atoms with Crippen LogP contribution < -0.4 is 10.5 Å². The molecule has 0 unspecified atom stereocenters. The normalized spacial score (nSPS) is 11.4. The first-order valence-electron chi connectivity index (χ1n) is 5.40. The molecule has 0 saturated carbocycles. The van der Waals surface area contributed by atoms with Crippen LogP contribution in [0.1, 0.15) is 5.56 Å². The predicted molar refractivity (Wildman–Crippen MR) is 65.6 cm³/mol. The average molecular weight is 268 g/mol. The van der Waals surface area contributed by atoms with E-state index in [1.54, 1.807) is 18.2 Å². The van der Waals surface area contributed by atoms with Gasteiger partial charge in [0.15, 0.2) is 0 Å². The Morgan fingerprint density at radius 1 is 1.16 bits per heavy atom. The highest BCUT2D eigenvalue weighted by molar-refractivity contribution is 5.64. The first kappa shape index (κ1) is 13.2. The summed E-state index contributed by atoms with van der Waals surface area (Å²) in [7, 11) is 1.40. The number of hydrogen-bond donors (Lipinski definition) is 1. The van der Waals surface area contributed by atoms with Gasteiger partial charge in [0.25, 0.3) is 0 Å². The molecule has 0 aliphatic heterocycles. The van der Waals surface area contributed by atoms with Crippen molar-refractivity contribution >= 4 is 5.69 Å². The number of ether oxygens (including phenoxy) is 1.